The lowest BCUT2D eigenvalue weighted by Crippen LogP contribution is -2.47. The third-order valence-corrected chi connectivity index (χ3v) is 6.39. The molecule has 1 spiro atoms. The molecule has 2 aliphatic rings. The normalized spacial score (nSPS) is 29.9. The maximum Gasteiger partial charge on any atom is 0.214 e. The first kappa shape index (κ1) is 16.8. The van der Waals surface area contributed by atoms with Gasteiger partial charge in [0.25, 0.3) is 0 Å². The Balaban J connectivity index is 1.68. The molecule has 8 nitrogen and oxygen atoms in total. The van der Waals surface area contributed by atoms with E-state index in [1.54, 1.807) is 15.3 Å². The standard InChI is InChI=1S/C14H24N4O4S/c1-2-7-23(19,20)18-5-6-21-10-14(9-18)4-3-13(22-14)8-17-12-15-11-16-17/h11-13H,2-10H2,1H3/t13-,14-/m1/s1. The molecule has 0 N–H and O–H groups in total. The van der Waals surface area contributed by atoms with Crippen LogP contribution in [0.2, 0.25) is 0 Å². The fraction of sp³-hybridized carbons (Fsp3) is 0.857. The molecule has 3 heterocycles. The Bertz CT molecular complexity index is 606. The van der Waals surface area contributed by atoms with Crippen molar-refractivity contribution in [3.05, 3.63) is 12.7 Å². The molecule has 2 atom stereocenters. The second kappa shape index (κ2) is 6.84. The lowest BCUT2D eigenvalue weighted by Gasteiger charge is -2.31. The summed E-state index contributed by atoms with van der Waals surface area (Å²) in [5.41, 5.74) is -0.539. The first-order valence-electron chi connectivity index (χ1n) is 8.09. The Morgan fingerprint density at radius 2 is 2.30 bits per heavy atom. The topological polar surface area (TPSA) is 86.6 Å². The summed E-state index contributed by atoms with van der Waals surface area (Å²) in [6, 6.07) is 0. The van der Waals surface area contributed by atoms with Gasteiger partial charge in [-0.3, -0.25) is 4.68 Å². The minimum atomic E-state index is -3.24. The largest absolute Gasteiger partial charge is 0.377 e. The SMILES string of the molecule is CCCS(=O)(=O)N1CCOC[C@@]2(CC[C@H](Cn3cncn3)O2)C1. The molecule has 0 radical (unpaired) electrons. The van der Waals surface area contributed by atoms with E-state index in [1.807, 2.05) is 6.92 Å². The molecule has 0 amide bonds. The average Bonchev–Trinajstić information content (AvgIpc) is 3.07. The van der Waals surface area contributed by atoms with E-state index in [0.717, 1.165) is 12.8 Å². The molecule has 0 unspecified atom stereocenters. The fourth-order valence-corrected chi connectivity index (χ4v) is 4.84. The minimum absolute atomic E-state index is 0.00845. The van der Waals surface area contributed by atoms with Gasteiger partial charge in [-0.25, -0.2) is 13.4 Å². The third-order valence-electron chi connectivity index (χ3n) is 4.37. The Hall–Kier alpha value is -1.03. The Morgan fingerprint density at radius 1 is 1.43 bits per heavy atom. The molecule has 9 heteroatoms. The van der Waals surface area contributed by atoms with Crippen LogP contribution in [0.25, 0.3) is 0 Å². The molecule has 3 rings (SSSR count). The summed E-state index contributed by atoms with van der Waals surface area (Å²) in [4.78, 5) is 3.93. The molecule has 0 bridgehead atoms. The van der Waals surface area contributed by atoms with Crippen LogP contribution in [0.4, 0.5) is 0 Å². The van der Waals surface area contributed by atoms with Gasteiger partial charge in [0.05, 0.1) is 31.6 Å². The maximum absolute atomic E-state index is 12.4. The van der Waals surface area contributed by atoms with Crippen LogP contribution in [0.5, 0.6) is 0 Å². The number of rotatable bonds is 5. The molecule has 1 aromatic heterocycles. The smallest absolute Gasteiger partial charge is 0.214 e. The Labute approximate surface area is 136 Å². The first-order chi connectivity index (χ1) is 11.0. The highest BCUT2D eigenvalue weighted by Gasteiger charge is 2.45. The van der Waals surface area contributed by atoms with Gasteiger partial charge in [0.1, 0.15) is 18.3 Å². The zero-order valence-corrected chi connectivity index (χ0v) is 14.2. The van der Waals surface area contributed by atoms with Crippen molar-refractivity contribution in [1.82, 2.24) is 19.1 Å². The average molecular weight is 344 g/mol. The second-order valence-corrected chi connectivity index (χ2v) is 8.37. The number of nitrogens with zero attached hydrogens (tertiary/aromatic N) is 4. The summed E-state index contributed by atoms with van der Waals surface area (Å²) in [6.07, 6.45) is 5.45. The van der Waals surface area contributed by atoms with Crippen LogP contribution >= 0.6 is 0 Å². The van der Waals surface area contributed by atoms with Crippen molar-refractivity contribution in [2.75, 3.05) is 32.1 Å². The van der Waals surface area contributed by atoms with Crippen molar-refractivity contribution in [3.8, 4) is 0 Å². The number of hydrogen-bond donors (Lipinski definition) is 0. The zero-order chi connectivity index (χ0) is 16.3. The van der Waals surface area contributed by atoms with E-state index >= 15 is 0 Å². The van der Waals surface area contributed by atoms with E-state index in [4.69, 9.17) is 9.47 Å². The van der Waals surface area contributed by atoms with Crippen LogP contribution in [0.1, 0.15) is 26.2 Å². The van der Waals surface area contributed by atoms with Crippen LogP contribution in [-0.4, -0.2) is 71.2 Å². The number of ether oxygens (including phenoxy) is 2. The highest BCUT2D eigenvalue weighted by molar-refractivity contribution is 7.89. The molecule has 130 valence electrons. The Morgan fingerprint density at radius 3 is 3.04 bits per heavy atom. The molecule has 2 fully saturated rings. The van der Waals surface area contributed by atoms with Gasteiger partial charge in [-0.2, -0.15) is 9.40 Å². The van der Waals surface area contributed by atoms with Gasteiger partial charge in [0.15, 0.2) is 0 Å². The number of sulfonamides is 1. The predicted octanol–water partition coefficient (Wildman–Crippen LogP) is 0.268. The summed E-state index contributed by atoms with van der Waals surface area (Å²) >= 11 is 0. The van der Waals surface area contributed by atoms with Crippen LogP contribution in [0.15, 0.2) is 12.7 Å². The molecule has 23 heavy (non-hydrogen) atoms. The summed E-state index contributed by atoms with van der Waals surface area (Å²) in [7, 11) is -3.24. The van der Waals surface area contributed by atoms with Crippen LogP contribution in [0, 0.1) is 0 Å². The monoisotopic (exact) mass is 344 g/mol. The lowest BCUT2D eigenvalue weighted by molar-refractivity contribution is -0.0860. The molecule has 2 saturated heterocycles. The molecular weight excluding hydrogens is 320 g/mol. The van der Waals surface area contributed by atoms with Gasteiger partial charge in [-0.05, 0) is 19.3 Å². The van der Waals surface area contributed by atoms with Crippen molar-refractivity contribution < 1.29 is 17.9 Å². The fourth-order valence-electron chi connectivity index (χ4n) is 3.28. The highest BCUT2D eigenvalue weighted by Crippen LogP contribution is 2.34. The van der Waals surface area contributed by atoms with Gasteiger partial charge >= 0.3 is 0 Å². The molecule has 1 aromatic rings. The molecule has 0 aromatic carbocycles. The van der Waals surface area contributed by atoms with Crippen molar-refractivity contribution in [2.24, 2.45) is 0 Å². The van der Waals surface area contributed by atoms with E-state index < -0.39 is 15.6 Å². The van der Waals surface area contributed by atoms with Gasteiger partial charge in [0, 0.05) is 13.1 Å². The Kier molecular flexibility index (Phi) is 5.00. The molecule has 2 aliphatic heterocycles. The minimum Gasteiger partial charge on any atom is -0.377 e. The molecule has 0 aliphatic carbocycles. The van der Waals surface area contributed by atoms with E-state index in [-0.39, 0.29) is 11.9 Å². The quantitative estimate of drug-likeness (QED) is 0.762. The van der Waals surface area contributed by atoms with Crippen molar-refractivity contribution in [3.63, 3.8) is 0 Å². The second-order valence-electron chi connectivity index (χ2n) is 6.28. The first-order valence-corrected chi connectivity index (χ1v) is 9.70. The van der Waals surface area contributed by atoms with Crippen LogP contribution < -0.4 is 0 Å². The number of aromatic nitrogens is 3. The van der Waals surface area contributed by atoms with E-state index in [1.165, 1.54) is 6.33 Å². The predicted molar refractivity (Wildman–Crippen MR) is 83.3 cm³/mol. The van der Waals surface area contributed by atoms with Crippen molar-refractivity contribution in [1.29, 1.82) is 0 Å². The summed E-state index contributed by atoms with van der Waals surface area (Å²) in [5, 5.41) is 4.10. The summed E-state index contributed by atoms with van der Waals surface area (Å²) in [6.45, 7) is 4.15. The van der Waals surface area contributed by atoms with Crippen LogP contribution in [0.3, 0.4) is 0 Å². The highest BCUT2D eigenvalue weighted by atomic mass is 32.2. The zero-order valence-electron chi connectivity index (χ0n) is 13.4. The maximum atomic E-state index is 12.4. The molecular formula is C14H24N4O4S. The number of hydrogen-bond acceptors (Lipinski definition) is 6. The van der Waals surface area contributed by atoms with Crippen LogP contribution in [-0.2, 0) is 26.0 Å². The van der Waals surface area contributed by atoms with E-state index in [2.05, 4.69) is 10.1 Å². The van der Waals surface area contributed by atoms with Gasteiger partial charge < -0.3 is 9.47 Å². The van der Waals surface area contributed by atoms with Gasteiger partial charge in [-0.15, -0.1) is 0 Å². The van der Waals surface area contributed by atoms with E-state index in [0.29, 0.717) is 39.3 Å². The van der Waals surface area contributed by atoms with Gasteiger partial charge in [-0.1, -0.05) is 6.92 Å². The third kappa shape index (κ3) is 3.90. The van der Waals surface area contributed by atoms with Crippen molar-refractivity contribution >= 4 is 10.0 Å². The lowest BCUT2D eigenvalue weighted by atomic mass is 10.0. The molecule has 0 saturated carbocycles. The van der Waals surface area contributed by atoms with Crippen molar-refractivity contribution in [2.45, 2.75) is 44.4 Å². The summed E-state index contributed by atoms with van der Waals surface area (Å²) in [5.74, 6) is 0.172. The van der Waals surface area contributed by atoms with Gasteiger partial charge in [0.2, 0.25) is 10.0 Å². The van der Waals surface area contributed by atoms with E-state index in [9.17, 15) is 8.42 Å². The summed E-state index contributed by atoms with van der Waals surface area (Å²) < 4.78 is 40.0.